The van der Waals surface area contributed by atoms with Gasteiger partial charge in [0.2, 0.25) is 0 Å². The third-order valence-corrected chi connectivity index (χ3v) is 5.20. The van der Waals surface area contributed by atoms with Gasteiger partial charge in [0.05, 0.1) is 6.26 Å². The molecule has 3 rings (SSSR count). The van der Waals surface area contributed by atoms with E-state index in [1.807, 2.05) is 18.4 Å². The van der Waals surface area contributed by atoms with Crippen molar-refractivity contribution in [2.24, 2.45) is 13.0 Å². The van der Waals surface area contributed by atoms with Crippen molar-refractivity contribution in [2.75, 3.05) is 25.9 Å². The van der Waals surface area contributed by atoms with Gasteiger partial charge >= 0.3 is 0 Å². The van der Waals surface area contributed by atoms with E-state index in [9.17, 15) is 0 Å². The van der Waals surface area contributed by atoms with Gasteiger partial charge in [0.1, 0.15) is 11.6 Å². The largest absolute Gasteiger partial charge is 0.465 e. The molecule has 1 saturated heterocycles. The third kappa shape index (κ3) is 4.26. The molecular weight excluding hydrogens is 308 g/mol. The van der Waals surface area contributed by atoms with E-state index in [2.05, 4.69) is 38.9 Å². The minimum Gasteiger partial charge on any atom is -0.465 e. The molecule has 23 heavy (non-hydrogen) atoms. The van der Waals surface area contributed by atoms with Crippen LogP contribution >= 0.6 is 11.8 Å². The van der Waals surface area contributed by atoms with Crippen LogP contribution in [0.15, 0.2) is 34.0 Å². The van der Waals surface area contributed by atoms with Crippen molar-refractivity contribution in [2.45, 2.75) is 24.4 Å². The average Bonchev–Trinajstić information content (AvgIpc) is 3.20. The van der Waals surface area contributed by atoms with E-state index in [-0.39, 0.29) is 0 Å². The normalized spacial score (nSPS) is 17.3. The van der Waals surface area contributed by atoms with Crippen LogP contribution in [0.2, 0.25) is 0 Å². The van der Waals surface area contributed by atoms with Crippen molar-refractivity contribution in [3.8, 4) is 0 Å². The first kappa shape index (κ1) is 16.3. The van der Waals surface area contributed by atoms with Crippen LogP contribution in [0, 0.1) is 5.92 Å². The van der Waals surface area contributed by atoms with Gasteiger partial charge in [0, 0.05) is 20.0 Å². The predicted octanol–water partition coefficient (Wildman–Crippen LogP) is 3.10. The number of furan rings is 1. The molecule has 0 saturated carbocycles. The van der Waals surface area contributed by atoms with Crippen LogP contribution in [0.25, 0.3) is 6.08 Å². The molecule has 2 aromatic rings. The van der Waals surface area contributed by atoms with Crippen LogP contribution in [0.5, 0.6) is 0 Å². The van der Waals surface area contributed by atoms with Gasteiger partial charge in [-0.25, -0.2) is 0 Å². The molecule has 0 bridgehead atoms. The fraction of sp³-hybridized carbons (Fsp3) is 0.529. The van der Waals surface area contributed by atoms with Crippen molar-refractivity contribution >= 4 is 17.8 Å². The summed E-state index contributed by atoms with van der Waals surface area (Å²) in [4.78, 5) is 2.50. The van der Waals surface area contributed by atoms with E-state index in [0.717, 1.165) is 48.7 Å². The highest BCUT2D eigenvalue weighted by molar-refractivity contribution is 7.98. The van der Waals surface area contributed by atoms with Crippen LogP contribution in [0.3, 0.4) is 0 Å². The van der Waals surface area contributed by atoms with Gasteiger partial charge in [-0.05, 0) is 56.3 Å². The molecule has 2 aromatic heterocycles. The molecule has 0 aliphatic carbocycles. The maximum absolute atomic E-state index is 5.31. The quantitative estimate of drug-likeness (QED) is 0.761. The third-order valence-electron chi connectivity index (χ3n) is 4.47. The fourth-order valence-corrected chi connectivity index (χ4v) is 3.54. The van der Waals surface area contributed by atoms with Crippen molar-refractivity contribution in [3.05, 3.63) is 36.1 Å². The molecule has 0 N–H and O–H groups in total. The summed E-state index contributed by atoms with van der Waals surface area (Å²) < 4.78 is 7.43. The molecule has 1 aliphatic rings. The van der Waals surface area contributed by atoms with Crippen LogP contribution < -0.4 is 0 Å². The van der Waals surface area contributed by atoms with Crippen LogP contribution in [-0.2, 0) is 13.5 Å². The van der Waals surface area contributed by atoms with Gasteiger partial charge in [-0.2, -0.15) is 0 Å². The van der Waals surface area contributed by atoms with Gasteiger partial charge < -0.3 is 8.98 Å². The monoisotopic (exact) mass is 332 g/mol. The molecule has 3 heterocycles. The Kier molecular flexibility index (Phi) is 5.56. The molecular formula is C17H24N4OS. The van der Waals surface area contributed by atoms with Gasteiger partial charge in [0.25, 0.3) is 0 Å². The minimum atomic E-state index is 0.720. The molecule has 1 aliphatic heterocycles. The second-order valence-corrected chi connectivity index (χ2v) is 6.80. The highest BCUT2D eigenvalue weighted by Crippen LogP contribution is 2.22. The van der Waals surface area contributed by atoms with Crippen LogP contribution in [0.1, 0.15) is 24.4 Å². The summed E-state index contributed by atoms with van der Waals surface area (Å²) in [7, 11) is 2.07. The highest BCUT2D eigenvalue weighted by Gasteiger charge is 2.21. The first-order chi connectivity index (χ1) is 11.3. The highest BCUT2D eigenvalue weighted by atomic mass is 32.2. The topological polar surface area (TPSA) is 47.1 Å². The number of aromatic nitrogens is 3. The summed E-state index contributed by atoms with van der Waals surface area (Å²) in [5.74, 6) is 2.76. The molecule has 124 valence electrons. The zero-order chi connectivity index (χ0) is 16.1. The van der Waals surface area contributed by atoms with Crippen molar-refractivity contribution in [1.82, 2.24) is 19.7 Å². The van der Waals surface area contributed by atoms with Crippen molar-refractivity contribution in [3.63, 3.8) is 0 Å². The van der Waals surface area contributed by atoms with Crippen molar-refractivity contribution in [1.29, 1.82) is 0 Å². The van der Waals surface area contributed by atoms with E-state index in [1.54, 1.807) is 18.0 Å². The summed E-state index contributed by atoms with van der Waals surface area (Å²) in [6, 6.07) is 3.90. The Balaban J connectivity index is 1.44. The lowest BCUT2D eigenvalue weighted by atomic mass is 9.93. The number of rotatable bonds is 6. The van der Waals surface area contributed by atoms with E-state index < -0.39 is 0 Å². The number of hydrogen-bond donors (Lipinski definition) is 0. The number of nitrogens with zero attached hydrogens (tertiary/aromatic N) is 4. The van der Waals surface area contributed by atoms with Gasteiger partial charge in [-0.3, -0.25) is 4.90 Å². The Hall–Kier alpha value is -1.53. The summed E-state index contributed by atoms with van der Waals surface area (Å²) in [5, 5.41) is 9.56. The van der Waals surface area contributed by atoms with Crippen LogP contribution in [-0.4, -0.2) is 45.6 Å². The van der Waals surface area contributed by atoms with Crippen molar-refractivity contribution < 1.29 is 4.42 Å². The molecule has 0 amide bonds. The zero-order valence-electron chi connectivity index (χ0n) is 13.8. The minimum absolute atomic E-state index is 0.720. The van der Waals surface area contributed by atoms with Crippen LogP contribution in [0.4, 0.5) is 0 Å². The molecule has 6 heteroatoms. The smallest absolute Gasteiger partial charge is 0.190 e. The van der Waals surface area contributed by atoms with Gasteiger partial charge in [-0.1, -0.05) is 17.8 Å². The summed E-state index contributed by atoms with van der Waals surface area (Å²) in [6.07, 6.45) is 11.5. The lowest BCUT2D eigenvalue weighted by Crippen LogP contribution is -2.34. The maximum atomic E-state index is 5.31. The molecule has 0 radical (unpaired) electrons. The van der Waals surface area contributed by atoms with Gasteiger partial charge in [0.15, 0.2) is 5.16 Å². The van der Waals surface area contributed by atoms with E-state index in [0.29, 0.717) is 0 Å². The first-order valence-corrected chi connectivity index (χ1v) is 9.33. The van der Waals surface area contributed by atoms with E-state index in [4.69, 9.17) is 4.42 Å². The second kappa shape index (κ2) is 7.84. The zero-order valence-corrected chi connectivity index (χ0v) is 14.6. The maximum Gasteiger partial charge on any atom is 0.190 e. The predicted molar refractivity (Wildman–Crippen MR) is 93.4 cm³/mol. The molecule has 0 aromatic carbocycles. The van der Waals surface area contributed by atoms with Gasteiger partial charge in [-0.15, -0.1) is 10.2 Å². The molecule has 1 fully saturated rings. The molecule has 0 atom stereocenters. The SMILES string of the molecule is CSc1nnc(CC2CCN(C/C=C/c3ccco3)CC2)n1C. The number of thioether (sulfide) groups is 1. The fourth-order valence-electron chi connectivity index (χ4n) is 3.04. The number of hydrogen-bond acceptors (Lipinski definition) is 5. The lowest BCUT2D eigenvalue weighted by molar-refractivity contribution is 0.198. The Morgan fingerprint density at radius 2 is 2.17 bits per heavy atom. The molecule has 0 unspecified atom stereocenters. The Morgan fingerprint density at radius 3 is 2.83 bits per heavy atom. The number of piperidine rings is 1. The second-order valence-electron chi connectivity index (χ2n) is 6.03. The lowest BCUT2D eigenvalue weighted by Gasteiger charge is -2.30. The van der Waals surface area contributed by atoms with E-state index >= 15 is 0 Å². The first-order valence-electron chi connectivity index (χ1n) is 8.11. The van der Waals surface area contributed by atoms with E-state index in [1.165, 1.54) is 12.8 Å². The Labute approximate surface area is 141 Å². The summed E-state index contributed by atoms with van der Waals surface area (Å²) in [5.41, 5.74) is 0. The summed E-state index contributed by atoms with van der Waals surface area (Å²) in [6.45, 7) is 3.30. The summed E-state index contributed by atoms with van der Waals surface area (Å²) >= 11 is 1.65. The Morgan fingerprint density at radius 1 is 1.35 bits per heavy atom. The standard InChI is InChI=1S/C17H24N4OS/c1-20-16(18-19-17(20)23-2)13-14-7-10-21(11-8-14)9-3-5-15-6-4-12-22-15/h3-6,12,14H,7-11,13H2,1-2H3/b5-3+. The Bertz CT molecular complexity index is 627. The molecule has 0 spiro atoms. The molecule has 5 nitrogen and oxygen atoms in total. The average molecular weight is 332 g/mol. The number of likely N-dealkylation sites (tertiary alicyclic amines) is 1.